The Morgan fingerprint density at radius 2 is 1.93 bits per heavy atom. The first-order chi connectivity index (χ1) is 6.77. The summed E-state index contributed by atoms with van der Waals surface area (Å²) in [6.45, 7) is 4.21. The van der Waals surface area contributed by atoms with E-state index in [2.05, 4.69) is 49.4 Å². The van der Waals surface area contributed by atoms with Gasteiger partial charge in [0, 0.05) is 6.20 Å². The molecule has 0 unspecified atom stereocenters. The third kappa shape index (κ3) is 1.69. The Kier molecular flexibility index (Phi) is 2.35. The molecule has 1 aromatic heterocycles. The molecule has 0 bridgehead atoms. The summed E-state index contributed by atoms with van der Waals surface area (Å²) in [7, 11) is 0. The molecule has 2 aromatic rings. The summed E-state index contributed by atoms with van der Waals surface area (Å²) < 4.78 is 1.99. The van der Waals surface area contributed by atoms with Gasteiger partial charge in [-0.25, -0.2) is 0 Å². The van der Waals surface area contributed by atoms with Gasteiger partial charge in [0.1, 0.15) is 0 Å². The van der Waals surface area contributed by atoms with E-state index >= 15 is 0 Å². The van der Waals surface area contributed by atoms with Crippen LogP contribution in [0.4, 0.5) is 0 Å². The molecular weight excluding hydrogens is 172 g/mol. The Labute approximate surface area is 84.2 Å². The molecule has 2 nitrogen and oxygen atoms in total. The molecule has 72 valence electrons. The maximum Gasteiger partial charge on any atom is 0.0740 e. The zero-order valence-electron chi connectivity index (χ0n) is 8.51. The number of rotatable bonds is 2. The quantitative estimate of drug-likeness (QED) is 0.705. The number of aromatic nitrogens is 2. The number of aryl methyl sites for hydroxylation is 1. The second kappa shape index (κ2) is 3.66. The van der Waals surface area contributed by atoms with Gasteiger partial charge in [0.2, 0.25) is 0 Å². The summed E-state index contributed by atoms with van der Waals surface area (Å²) >= 11 is 0. The minimum atomic E-state index is 0.310. The Morgan fingerprint density at radius 3 is 2.50 bits per heavy atom. The van der Waals surface area contributed by atoms with E-state index < -0.39 is 0 Å². The standard InChI is InChI=1S/C12H14N2/c1-10-8-13-14(9-10)11(2)12-6-4-3-5-7-12/h3-9,11H,1-2H3/t11-/m1/s1. The van der Waals surface area contributed by atoms with Crippen LogP contribution in [0.3, 0.4) is 0 Å². The van der Waals surface area contributed by atoms with Crippen LogP contribution >= 0.6 is 0 Å². The molecule has 0 aliphatic rings. The summed E-state index contributed by atoms with van der Waals surface area (Å²) in [5.41, 5.74) is 2.49. The first kappa shape index (κ1) is 9.00. The zero-order chi connectivity index (χ0) is 9.97. The monoisotopic (exact) mass is 186 g/mol. The number of benzene rings is 1. The summed E-state index contributed by atoms with van der Waals surface area (Å²) in [5, 5.41) is 4.31. The maximum absolute atomic E-state index is 4.31. The Bertz CT molecular complexity index is 403. The molecule has 0 N–H and O–H groups in total. The molecule has 0 spiro atoms. The van der Waals surface area contributed by atoms with Crippen LogP contribution in [0.5, 0.6) is 0 Å². The fourth-order valence-electron chi connectivity index (χ4n) is 1.53. The summed E-state index contributed by atoms with van der Waals surface area (Å²) in [6.07, 6.45) is 3.96. The summed E-state index contributed by atoms with van der Waals surface area (Å²) in [6, 6.07) is 10.7. The lowest BCUT2D eigenvalue weighted by molar-refractivity contribution is 0.564. The van der Waals surface area contributed by atoms with Crippen molar-refractivity contribution in [2.45, 2.75) is 19.9 Å². The molecule has 0 saturated carbocycles. The first-order valence-corrected chi connectivity index (χ1v) is 4.83. The van der Waals surface area contributed by atoms with Gasteiger partial charge in [-0.15, -0.1) is 0 Å². The van der Waals surface area contributed by atoms with Crippen LogP contribution in [-0.2, 0) is 0 Å². The fourth-order valence-corrected chi connectivity index (χ4v) is 1.53. The smallest absolute Gasteiger partial charge is 0.0740 e. The predicted octanol–water partition coefficient (Wildman–Crippen LogP) is 2.80. The van der Waals surface area contributed by atoms with Crippen LogP contribution in [0.1, 0.15) is 24.1 Å². The van der Waals surface area contributed by atoms with E-state index in [1.165, 1.54) is 11.1 Å². The van der Waals surface area contributed by atoms with Crippen molar-refractivity contribution < 1.29 is 0 Å². The van der Waals surface area contributed by atoms with Crippen molar-refractivity contribution in [3.8, 4) is 0 Å². The average Bonchev–Trinajstić information content (AvgIpc) is 2.65. The minimum Gasteiger partial charge on any atom is -0.265 e. The summed E-state index contributed by atoms with van der Waals surface area (Å²) in [4.78, 5) is 0. The highest BCUT2D eigenvalue weighted by Gasteiger charge is 2.06. The van der Waals surface area contributed by atoms with E-state index in [4.69, 9.17) is 0 Å². The lowest BCUT2D eigenvalue weighted by atomic mass is 10.1. The zero-order valence-corrected chi connectivity index (χ0v) is 8.51. The van der Waals surface area contributed by atoms with Gasteiger partial charge in [0.15, 0.2) is 0 Å². The topological polar surface area (TPSA) is 17.8 Å². The highest BCUT2D eigenvalue weighted by Crippen LogP contribution is 2.16. The van der Waals surface area contributed by atoms with E-state index in [-0.39, 0.29) is 0 Å². The third-order valence-electron chi connectivity index (χ3n) is 2.41. The van der Waals surface area contributed by atoms with Crippen molar-refractivity contribution in [1.29, 1.82) is 0 Å². The highest BCUT2D eigenvalue weighted by atomic mass is 15.3. The van der Waals surface area contributed by atoms with Crippen LogP contribution in [0.2, 0.25) is 0 Å². The molecule has 0 aliphatic heterocycles. The molecule has 1 aromatic carbocycles. The normalized spacial score (nSPS) is 12.7. The predicted molar refractivity (Wildman–Crippen MR) is 57.2 cm³/mol. The van der Waals surface area contributed by atoms with Gasteiger partial charge in [-0.1, -0.05) is 30.3 Å². The van der Waals surface area contributed by atoms with Gasteiger partial charge in [0.25, 0.3) is 0 Å². The summed E-state index contributed by atoms with van der Waals surface area (Å²) in [5.74, 6) is 0. The van der Waals surface area contributed by atoms with Gasteiger partial charge in [-0.2, -0.15) is 5.10 Å². The highest BCUT2D eigenvalue weighted by molar-refractivity contribution is 5.19. The molecule has 2 rings (SSSR count). The molecular formula is C12H14N2. The molecule has 2 heteroatoms. The van der Waals surface area contributed by atoms with Crippen LogP contribution in [0.25, 0.3) is 0 Å². The lowest BCUT2D eigenvalue weighted by Gasteiger charge is -2.11. The molecule has 1 heterocycles. The number of hydrogen-bond acceptors (Lipinski definition) is 1. The number of hydrogen-bond donors (Lipinski definition) is 0. The molecule has 14 heavy (non-hydrogen) atoms. The van der Waals surface area contributed by atoms with E-state index in [0.717, 1.165) is 0 Å². The molecule has 0 fully saturated rings. The fraction of sp³-hybridized carbons (Fsp3) is 0.250. The van der Waals surface area contributed by atoms with Crippen molar-refractivity contribution in [2.75, 3.05) is 0 Å². The molecule has 0 saturated heterocycles. The Hall–Kier alpha value is -1.57. The van der Waals surface area contributed by atoms with Gasteiger partial charge >= 0.3 is 0 Å². The second-order valence-corrected chi connectivity index (χ2v) is 3.58. The van der Waals surface area contributed by atoms with E-state index in [9.17, 15) is 0 Å². The molecule has 0 aliphatic carbocycles. The average molecular weight is 186 g/mol. The van der Waals surface area contributed by atoms with E-state index in [0.29, 0.717) is 6.04 Å². The van der Waals surface area contributed by atoms with Crippen molar-refractivity contribution in [2.24, 2.45) is 0 Å². The molecule has 0 amide bonds. The second-order valence-electron chi connectivity index (χ2n) is 3.58. The maximum atomic E-state index is 4.31. The van der Waals surface area contributed by atoms with E-state index in [1.54, 1.807) is 0 Å². The molecule has 1 atom stereocenters. The Balaban J connectivity index is 2.29. The Morgan fingerprint density at radius 1 is 1.21 bits per heavy atom. The van der Waals surface area contributed by atoms with Crippen LogP contribution < -0.4 is 0 Å². The van der Waals surface area contributed by atoms with Crippen LogP contribution in [-0.4, -0.2) is 9.78 Å². The van der Waals surface area contributed by atoms with Gasteiger partial charge in [-0.3, -0.25) is 4.68 Å². The third-order valence-corrected chi connectivity index (χ3v) is 2.41. The van der Waals surface area contributed by atoms with Crippen molar-refractivity contribution in [1.82, 2.24) is 9.78 Å². The lowest BCUT2D eigenvalue weighted by Crippen LogP contribution is -2.06. The van der Waals surface area contributed by atoms with Crippen LogP contribution in [0, 0.1) is 6.92 Å². The van der Waals surface area contributed by atoms with Gasteiger partial charge in [0.05, 0.1) is 12.2 Å². The van der Waals surface area contributed by atoms with Crippen LogP contribution in [0.15, 0.2) is 42.7 Å². The largest absolute Gasteiger partial charge is 0.265 e. The van der Waals surface area contributed by atoms with Gasteiger partial charge in [-0.05, 0) is 25.0 Å². The van der Waals surface area contributed by atoms with Crippen molar-refractivity contribution >= 4 is 0 Å². The SMILES string of the molecule is Cc1cnn([C@H](C)c2ccccc2)c1. The molecule has 0 radical (unpaired) electrons. The first-order valence-electron chi connectivity index (χ1n) is 4.83. The van der Waals surface area contributed by atoms with Crippen molar-refractivity contribution in [3.63, 3.8) is 0 Å². The van der Waals surface area contributed by atoms with Crippen molar-refractivity contribution in [3.05, 3.63) is 53.9 Å². The number of nitrogens with zero attached hydrogens (tertiary/aromatic N) is 2. The van der Waals surface area contributed by atoms with Gasteiger partial charge < -0.3 is 0 Å². The minimum absolute atomic E-state index is 0.310. The van der Waals surface area contributed by atoms with E-state index in [1.807, 2.05) is 16.9 Å².